The van der Waals surface area contributed by atoms with Gasteiger partial charge in [0.15, 0.2) is 0 Å². The smallest absolute Gasteiger partial charge is 0.321 e. The average Bonchev–Trinajstić information content (AvgIpc) is 3.18. The number of likely N-dealkylation sites (tertiary alicyclic amines) is 1. The Hall–Kier alpha value is -2.37. The van der Waals surface area contributed by atoms with Gasteiger partial charge in [0.2, 0.25) is 5.95 Å². The predicted octanol–water partition coefficient (Wildman–Crippen LogP) is 3.33. The Balaban J connectivity index is 1.43. The van der Waals surface area contributed by atoms with E-state index in [0.717, 1.165) is 44.6 Å². The van der Waals surface area contributed by atoms with E-state index in [0.29, 0.717) is 11.9 Å². The second kappa shape index (κ2) is 6.50. The first-order valence-electron chi connectivity index (χ1n) is 9.18. The summed E-state index contributed by atoms with van der Waals surface area (Å²) in [5.74, 6) is 1.81. The fourth-order valence-electron chi connectivity index (χ4n) is 3.90. The molecule has 4 rings (SSSR count). The second-order valence-corrected chi connectivity index (χ2v) is 7.31. The van der Waals surface area contributed by atoms with Gasteiger partial charge in [0.05, 0.1) is 0 Å². The molecule has 6 heteroatoms. The molecule has 6 nitrogen and oxygen atoms in total. The van der Waals surface area contributed by atoms with Crippen LogP contribution < -0.4 is 5.32 Å². The van der Waals surface area contributed by atoms with Crippen molar-refractivity contribution in [3.63, 3.8) is 0 Å². The van der Waals surface area contributed by atoms with Crippen molar-refractivity contribution in [2.45, 2.75) is 58.0 Å². The van der Waals surface area contributed by atoms with E-state index in [1.807, 2.05) is 9.58 Å². The highest BCUT2D eigenvalue weighted by Gasteiger charge is 2.33. The molecule has 0 aliphatic carbocycles. The quantitative estimate of drug-likeness (QED) is 0.913. The highest BCUT2D eigenvalue weighted by atomic mass is 16.2. The molecule has 3 heterocycles. The first-order chi connectivity index (χ1) is 12.1. The Labute approximate surface area is 148 Å². The molecular weight excluding hydrogens is 314 g/mol. The van der Waals surface area contributed by atoms with Crippen LogP contribution in [0.2, 0.25) is 0 Å². The van der Waals surface area contributed by atoms with E-state index in [9.17, 15) is 4.79 Å². The van der Waals surface area contributed by atoms with E-state index < -0.39 is 0 Å². The molecular formula is C19H25N5O. The number of hydrogen-bond acceptors (Lipinski definition) is 3. The summed E-state index contributed by atoms with van der Waals surface area (Å²) >= 11 is 0. The van der Waals surface area contributed by atoms with Crippen molar-refractivity contribution >= 4 is 12.0 Å². The van der Waals surface area contributed by atoms with Gasteiger partial charge in [-0.1, -0.05) is 29.8 Å². The Bertz CT molecular complexity index is 743. The Morgan fingerprint density at radius 1 is 1.24 bits per heavy atom. The molecule has 1 aromatic carbocycles. The fourth-order valence-corrected chi connectivity index (χ4v) is 3.90. The maximum atomic E-state index is 12.7. The van der Waals surface area contributed by atoms with Crippen LogP contribution >= 0.6 is 0 Å². The van der Waals surface area contributed by atoms with Crippen LogP contribution in [0.1, 0.15) is 49.1 Å². The second-order valence-electron chi connectivity index (χ2n) is 7.31. The lowest BCUT2D eigenvalue weighted by atomic mass is 9.96. The number of carbonyl (C=O) groups is 1. The first kappa shape index (κ1) is 16.1. The van der Waals surface area contributed by atoms with Gasteiger partial charge in [-0.25, -0.2) is 9.48 Å². The SMILES string of the molecule is Cc1ccc([C@H]2C[C@H](C)N(C(=O)Nc3nc4n(n3)CCCC4)C2)cc1. The third-order valence-corrected chi connectivity index (χ3v) is 5.37. The van der Waals surface area contributed by atoms with Crippen LogP contribution in [-0.4, -0.2) is 38.3 Å². The lowest BCUT2D eigenvalue weighted by Crippen LogP contribution is -2.37. The van der Waals surface area contributed by atoms with Crippen molar-refractivity contribution in [1.82, 2.24) is 19.7 Å². The average molecular weight is 339 g/mol. The van der Waals surface area contributed by atoms with Crippen LogP contribution in [0.4, 0.5) is 10.7 Å². The van der Waals surface area contributed by atoms with Crippen molar-refractivity contribution in [2.24, 2.45) is 0 Å². The van der Waals surface area contributed by atoms with Crippen molar-refractivity contribution < 1.29 is 4.79 Å². The molecule has 132 valence electrons. The molecule has 2 aromatic rings. The summed E-state index contributed by atoms with van der Waals surface area (Å²) in [7, 11) is 0. The summed E-state index contributed by atoms with van der Waals surface area (Å²) in [6, 6.07) is 8.76. The maximum absolute atomic E-state index is 12.7. The number of fused-ring (bicyclic) bond motifs is 1. The minimum Gasteiger partial charge on any atom is -0.321 e. The van der Waals surface area contributed by atoms with E-state index in [1.54, 1.807) is 0 Å². The molecule has 1 saturated heterocycles. The molecule has 0 saturated carbocycles. The summed E-state index contributed by atoms with van der Waals surface area (Å²) in [4.78, 5) is 19.1. The number of nitrogens with one attached hydrogen (secondary N) is 1. The van der Waals surface area contributed by atoms with Gasteiger partial charge >= 0.3 is 6.03 Å². The number of hydrogen-bond donors (Lipinski definition) is 1. The zero-order valence-electron chi connectivity index (χ0n) is 14.9. The molecule has 25 heavy (non-hydrogen) atoms. The van der Waals surface area contributed by atoms with Gasteiger partial charge in [-0.15, -0.1) is 5.10 Å². The van der Waals surface area contributed by atoms with Crippen LogP contribution in [0.15, 0.2) is 24.3 Å². The molecule has 2 aliphatic heterocycles. The fraction of sp³-hybridized carbons (Fsp3) is 0.526. The first-order valence-corrected chi connectivity index (χ1v) is 9.18. The molecule has 0 radical (unpaired) electrons. The van der Waals surface area contributed by atoms with Gasteiger partial charge in [0, 0.05) is 31.5 Å². The zero-order valence-corrected chi connectivity index (χ0v) is 14.9. The number of amides is 2. The highest BCUT2D eigenvalue weighted by molar-refractivity contribution is 5.88. The van der Waals surface area contributed by atoms with Crippen molar-refractivity contribution in [2.75, 3.05) is 11.9 Å². The van der Waals surface area contributed by atoms with Gasteiger partial charge in [0.25, 0.3) is 0 Å². The third-order valence-electron chi connectivity index (χ3n) is 5.37. The van der Waals surface area contributed by atoms with Gasteiger partial charge in [-0.2, -0.15) is 4.98 Å². The number of rotatable bonds is 2. The third kappa shape index (κ3) is 3.25. The summed E-state index contributed by atoms with van der Waals surface area (Å²) in [5.41, 5.74) is 2.57. The summed E-state index contributed by atoms with van der Waals surface area (Å²) in [6.45, 7) is 5.84. The summed E-state index contributed by atoms with van der Waals surface area (Å²) < 4.78 is 1.92. The number of nitrogens with zero attached hydrogens (tertiary/aromatic N) is 4. The number of carbonyl (C=O) groups excluding carboxylic acids is 1. The molecule has 0 unspecified atom stereocenters. The summed E-state index contributed by atoms with van der Waals surface area (Å²) in [6.07, 6.45) is 4.21. The van der Waals surface area contributed by atoms with Crippen LogP contribution in [0.3, 0.4) is 0 Å². The Morgan fingerprint density at radius 2 is 2.04 bits per heavy atom. The van der Waals surface area contributed by atoms with Gasteiger partial charge in [-0.3, -0.25) is 5.32 Å². The molecule has 2 atom stereocenters. The number of benzene rings is 1. The van der Waals surface area contributed by atoms with Crippen LogP contribution in [0.25, 0.3) is 0 Å². The lowest BCUT2D eigenvalue weighted by Gasteiger charge is -2.20. The maximum Gasteiger partial charge on any atom is 0.324 e. The van der Waals surface area contributed by atoms with E-state index in [4.69, 9.17) is 0 Å². The van der Waals surface area contributed by atoms with Gasteiger partial charge in [0.1, 0.15) is 5.82 Å². The van der Waals surface area contributed by atoms with Gasteiger partial charge in [-0.05, 0) is 38.7 Å². The minimum absolute atomic E-state index is 0.0925. The van der Waals surface area contributed by atoms with E-state index in [-0.39, 0.29) is 12.1 Å². The standard InChI is InChI=1S/C19H25N5O/c1-13-6-8-15(9-7-13)16-11-14(2)23(12-16)19(25)21-18-20-17-5-3-4-10-24(17)22-18/h6-9,14,16H,3-5,10-12H2,1-2H3,(H,21,22,25)/t14-,16-/m0/s1. The normalized spacial score (nSPS) is 22.7. The molecule has 1 aromatic heterocycles. The topological polar surface area (TPSA) is 63.1 Å². The summed E-state index contributed by atoms with van der Waals surface area (Å²) in [5, 5.41) is 7.32. The van der Waals surface area contributed by atoms with Crippen LogP contribution in [-0.2, 0) is 13.0 Å². The van der Waals surface area contributed by atoms with E-state index >= 15 is 0 Å². The molecule has 0 bridgehead atoms. The van der Waals surface area contributed by atoms with Crippen LogP contribution in [0, 0.1) is 6.92 Å². The lowest BCUT2D eigenvalue weighted by molar-refractivity contribution is 0.209. The Morgan fingerprint density at radius 3 is 2.80 bits per heavy atom. The van der Waals surface area contributed by atoms with Gasteiger partial charge < -0.3 is 4.90 Å². The highest BCUT2D eigenvalue weighted by Crippen LogP contribution is 2.32. The predicted molar refractivity (Wildman–Crippen MR) is 96.7 cm³/mol. The largest absolute Gasteiger partial charge is 0.324 e. The molecule has 0 spiro atoms. The molecule has 1 fully saturated rings. The van der Waals surface area contributed by atoms with Crippen LogP contribution in [0.5, 0.6) is 0 Å². The molecule has 2 amide bonds. The van der Waals surface area contributed by atoms with E-state index in [2.05, 4.69) is 53.5 Å². The monoisotopic (exact) mass is 339 g/mol. The number of aryl methyl sites for hydroxylation is 3. The number of anilines is 1. The zero-order chi connectivity index (χ0) is 17.4. The van der Waals surface area contributed by atoms with Crippen molar-refractivity contribution in [1.29, 1.82) is 0 Å². The number of aromatic nitrogens is 3. The molecule has 1 N–H and O–H groups in total. The Kier molecular flexibility index (Phi) is 4.19. The van der Waals surface area contributed by atoms with E-state index in [1.165, 1.54) is 11.1 Å². The minimum atomic E-state index is -0.0925. The van der Waals surface area contributed by atoms with Crippen molar-refractivity contribution in [3.05, 3.63) is 41.2 Å². The molecule has 2 aliphatic rings. The number of urea groups is 1. The van der Waals surface area contributed by atoms with Crippen molar-refractivity contribution in [3.8, 4) is 0 Å².